The molecule has 0 fully saturated rings. The molecule has 0 bridgehead atoms. The van der Waals surface area contributed by atoms with Gasteiger partial charge in [-0.25, -0.2) is 8.78 Å². The molecule has 1 heterocycles. The molecular formula is C9H4F2LiNS. The topological polar surface area (TPSA) is 12.9 Å². The fourth-order valence-corrected chi connectivity index (χ4v) is 1.50. The van der Waals surface area contributed by atoms with Gasteiger partial charge in [-0.3, -0.25) is 11.3 Å². The number of halogens is 2. The fraction of sp³-hybridized carbons (Fsp3) is 0. The molecule has 2 aromatic rings. The number of nitrogens with zero attached hydrogens (tertiary/aromatic N) is 1. The van der Waals surface area contributed by atoms with Crippen molar-refractivity contribution in [2.24, 2.45) is 0 Å². The van der Waals surface area contributed by atoms with Gasteiger partial charge in [-0.15, -0.1) is 5.38 Å². The van der Waals surface area contributed by atoms with Crippen LogP contribution in [0.5, 0.6) is 0 Å². The Kier molecular flexibility index (Phi) is 3.82. The Bertz CT molecular complexity index is 417. The SMILES string of the molecule is Fc1ccc(-c2cs[c-]n2)c(F)c1.[Li+]. The van der Waals surface area contributed by atoms with E-state index < -0.39 is 11.6 Å². The van der Waals surface area contributed by atoms with Gasteiger partial charge in [0.15, 0.2) is 0 Å². The molecule has 1 aromatic heterocycles. The Hall–Kier alpha value is -0.693. The van der Waals surface area contributed by atoms with Crippen molar-refractivity contribution >= 4 is 11.3 Å². The third-order valence-corrected chi connectivity index (χ3v) is 2.13. The maximum Gasteiger partial charge on any atom is 1.00 e. The van der Waals surface area contributed by atoms with Gasteiger partial charge in [0.2, 0.25) is 0 Å². The summed E-state index contributed by atoms with van der Waals surface area (Å²) in [7, 11) is 0. The summed E-state index contributed by atoms with van der Waals surface area (Å²) in [4.78, 5) is 3.81. The predicted molar refractivity (Wildman–Crippen MR) is 46.3 cm³/mol. The second-order valence-electron chi connectivity index (χ2n) is 2.45. The second-order valence-corrected chi connectivity index (χ2v) is 3.10. The summed E-state index contributed by atoms with van der Waals surface area (Å²) in [6, 6.07) is 3.42. The molecule has 1 nitrogen and oxygen atoms in total. The zero-order chi connectivity index (χ0) is 9.26. The third kappa shape index (κ3) is 2.21. The van der Waals surface area contributed by atoms with Crippen LogP contribution in [-0.4, -0.2) is 4.98 Å². The molecule has 0 aliphatic rings. The Morgan fingerprint density at radius 3 is 2.64 bits per heavy atom. The van der Waals surface area contributed by atoms with Crippen molar-refractivity contribution in [1.82, 2.24) is 4.98 Å². The average molecular weight is 203 g/mol. The number of aromatic nitrogens is 1. The first kappa shape index (κ1) is 11.4. The zero-order valence-corrected chi connectivity index (χ0v) is 8.24. The van der Waals surface area contributed by atoms with E-state index in [4.69, 9.17) is 0 Å². The number of hydrogen-bond donors (Lipinski definition) is 0. The van der Waals surface area contributed by atoms with Crippen LogP contribution in [-0.2, 0) is 0 Å². The van der Waals surface area contributed by atoms with Gasteiger partial charge in [-0.1, -0.05) is 11.8 Å². The fourth-order valence-electron chi connectivity index (χ4n) is 1.00. The zero-order valence-electron chi connectivity index (χ0n) is 7.42. The molecule has 0 amide bonds. The summed E-state index contributed by atoms with van der Waals surface area (Å²) in [5.74, 6) is -1.18. The molecule has 0 aliphatic heterocycles. The van der Waals surface area contributed by atoms with E-state index in [1.807, 2.05) is 0 Å². The quantitative estimate of drug-likeness (QED) is 0.465. The van der Waals surface area contributed by atoms with E-state index in [1.165, 1.54) is 23.5 Å². The Balaban J connectivity index is 0.000000980. The van der Waals surface area contributed by atoms with Crippen LogP contribution in [0.4, 0.5) is 8.78 Å². The number of benzene rings is 1. The Labute approximate surface area is 96.0 Å². The molecule has 0 radical (unpaired) electrons. The van der Waals surface area contributed by atoms with Gasteiger partial charge < -0.3 is 4.98 Å². The minimum atomic E-state index is -0.598. The summed E-state index contributed by atoms with van der Waals surface area (Å²) in [6.07, 6.45) is 0. The van der Waals surface area contributed by atoms with Crippen LogP contribution < -0.4 is 18.9 Å². The average Bonchev–Trinajstić information content (AvgIpc) is 2.56. The maximum absolute atomic E-state index is 13.1. The monoisotopic (exact) mass is 203 g/mol. The first-order chi connectivity index (χ1) is 6.27. The molecule has 0 aliphatic carbocycles. The van der Waals surface area contributed by atoms with Crippen molar-refractivity contribution in [2.75, 3.05) is 0 Å². The number of hydrogen-bond acceptors (Lipinski definition) is 2. The van der Waals surface area contributed by atoms with Crippen molar-refractivity contribution in [2.45, 2.75) is 0 Å². The van der Waals surface area contributed by atoms with E-state index >= 15 is 0 Å². The number of thiazole rings is 1. The molecule has 5 heteroatoms. The molecule has 0 saturated heterocycles. The minimum absolute atomic E-state index is 0. The molecular weight excluding hydrogens is 199 g/mol. The molecule has 0 unspecified atom stereocenters. The smallest absolute Gasteiger partial charge is 0.386 e. The van der Waals surface area contributed by atoms with Crippen LogP contribution >= 0.6 is 11.3 Å². The molecule has 0 saturated carbocycles. The largest absolute Gasteiger partial charge is 1.00 e. The molecule has 66 valence electrons. The van der Waals surface area contributed by atoms with Crippen LogP contribution in [0, 0.1) is 17.1 Å². The molecule has 0 N–H and O–H groups in total. The summed E-state index contributed by atoms with van der Waals surface area (Å²) in [5, 5.41) is 1.66. The summed E-state index contributed by atoms with van der Waals surface area (Å²) >= 11 is 1.25. The van der Waals surface area contributed by atoms with Crippen molar-refractivity contribution < 1.29 is 27.6 Å². The van der Waals surface area contributed by atoms with E-state index in [9.17, 15) is 8.78 Å². The first-order valence-corrected chi connectivity index (χ1v) is 4.42. The van der Waals surface area contributed by atoms with Crippen LogP contribution in [0.2, 0.25) is 0 Å². The van der Waals surface area contributed by atoms with Gasteiger partial charge >= 0.3 is 18.9 Å². The summed E-state index contributed by atoms with van der Waals surface area (Å²) < 4.78 is 25.6. The van der Waals surface area contributed by atoms with E-state index in [2.05, 4.69) is 10.5 Å². The molecule has 14 heavy (non-hydrogen) atoms. The van der Waals surface area contributed by atoms with Gasteiger partial charge in [0.05, 0.1) is 0 Å². The van der Waals surface area contributed by atoms with Gasteiger partial charge in [0.1, 0.15) is 11.6 Å². The second kappa shape index (κ2) is 4.70. The van der Waals surface area contributed by atoms with Gasteiger partial charge in [-0.2, -0.15) is 0 Å². The summed E-state index contributed by atoms with van der Waals surface area (Å²) in [6.45, 7) is 0. The van der Waals surface area contributed by atoms with Crippen molar-refractivity contribution in [3.63, 3.8) is 0 Å². The van der Waals surface area contributed by atoms with Crippen LogP contribution in [0.15, 0.2) is 23.6 Å². The van der Waals surface area contributed by atoms with Crippen LogP contribution in [0.3, 0.4) is 0 Å². The minimum Gasteiger partial charge on any atom is -0.386 e. The summed E-state index contributed by atoms with van der Waals surface area (Å²) in [5.41, 5.74) is 3.39. The van der Waals surface area contributed by atoms with E-state index in [0.717, 1.165) is 6.07 Å². The third-order valence-electron chi connectivity index (χ3n) is 1.60. The standard InChI is InChI=1S/C9H4F2NS.Li/c10-6-1-2-7(8(11)3-6)9-4-13-5-12-9;/h1-4H;/q-1;+1. The van der Waals surface area contributed by atoms with E-state index in [-0.39, 0.29) is 18.9 Å². The van der Waals surface area contributed by atoms with Gasteiger partial charge in [-0.05, 0) is 17.1 Å². The van der Waals surface area contributed by atoms with Gasteiger partial charge in [0.25, 0.3) is 0 Å². The molecule has 0 spiro atoms. The van der Waals surface area contributed by atoms with E-state index in [0.29, 0.717) is 11.3 Å². The van der Waals surface area contributed by atoms with Gasteiger partial charge in [0, 0.05) is 6.07 Å². The molecule has 1 aromatic carbocycles. The van der Waals surface area contributed by atoms with Crippen LogP contribution in [0.1, 0.15) is 0 Å². The maximum atomic E-state index is 13.1. The molecule has 0 atom stereocenters. The van der Waals surface area contributed by atoms with Crippen molar-refractivity contribution in [1.29, 1.82) is 0 Å². The Morgan fingerprint density at radius 1 is 1.29 bits per heavy atom. The van der Waals surface area contributed by atoms with Crippen molar-refractivity contribution in [3.8, 4) is 11.3 Å². The van der Waals surface area contributed by atoms with Crippen LogP contribution in [0.25, 0.3) is 11.3 Å². The predicted octanol–water partition coefficient (Wildman–Crippen LogP) is -0.108. The van der Waals surface area contributed by atoms with Crippen molar-refractivity contribution in [3.05, 3.63) is 40.7 Å². The Morgan fingerprint density at radius 2 is 2.07 bits per heavy atom. The molecule has 2 rings (SSSR count). The normalized spacial score (nSPS) is 9.57. The van der Waals surface area contributed by atoms with E-state index in [1.54, 1.807) is 5.38 Å². The first-order valence-electron chi connectivity index (χ1n) is 3.54. The number of rotatable bonds is 1.